The number of rotatable bonds is 1. The second-order valence-corrected chi connectivity index (χ2v) is 3.36. The van der Waals surface area contributed by atoms with E-state index in [1.807, 2.05) is 0 Å². The minimum atomic E-state index is -4.59. The lowest BCUT2D eigenvalue weighted by atomic mass is 10.0. The highest BCUT2D eigenvalue weighted by Crippen LogP contribution is 2.39. The Bertz CT molecular complexity index is 415. The van der Waals surface area contributed by atoms with E-state index in [1.165, 1.54) is 6.92 Å². The van der Waals surface area contributed by atoms with Crippen molar-refractivity contribution in [3.8, 4) is 0 Å². The normalized spacial score (nSPS) is 11.5. The molecule has 0 bridgehead atoms. The van der Waals surface area contributed by atoms with Crippen molar-refractivity contribution >= 4 is 23.6 Å². The molecule has 0 amide bonds. The lowest BCUT2D eigenvalue weighted by Gasteiger charge is -2.13. The summed E-state index contributed by atoms with van der Waals surface area (Å²) in [6.07, 6.45) is -4.32. The van der Waals surface area contributed by atoms with E-state index in [9.17, 15) is 18.0 Å². The first-order valence-electron chi connectivity index (χ1n) is 3.90. The number of nitrogen functional groups attached to an aromatic ring is 1. The molecule has 0 spiro atoms. The second kappa shape index (κ2) is 3.73. The summed E-state index contributed by atoms with van der Waals surface area (Å²) in [6, 6.07) is 0.650. The van der Waals surface area contributed by atoms with Crippen LogP contribution in [0.15, 0.2) is 6.07 Å². The number of hydrogen-bond acceptors (Lipinski definition) is 2. The van der Waals surface area contributed by atoms with Gasteiger partial charge in [-0.2, -0.15) is 13.2 Å². The van der Waals surface area contributed by atoms with Crippen LogP contribution < -0.4 is 5.73 Å². The number of halogens is 4. The average Bonchev–Trinajstić information content (AvgIpc) is 2.13. The van der Waals surface area contributed by atoms with Crippen molar-refractivity contribution < 1.29 is 18.0 Å². The second-order valence-electron chi connectivity index (χ2n) is 2.98. The molecule has 0 unspecified atom stereocenters. The van der Waals surface area contributed by atoms with Gasteiger partial charge in [-0.3, -0.25) is 4.79 Å². The van der Waals surface area contributed by atoms with Crippen LogP contribution in [0.25, 0.3) is 0 Å². The van der Waals surface area contributed by atoms with Crippen molar-refractivity contribution in [3.63, 3.8) is 0 Å². The molecule has 2 nitrogen and oxygen atoms in total. The van der Waals surface area contributed by atoms with Crippen molar-refractivity contribution in [2.24, 2.45) is 0 Å². The molecule has 0 heterocycles. The molecule has 0 saturated heterocycles. The molecule has 1 rings (SSSR count). The van der Waals surface area contributed by atoms with Crippen LogP contribution in [0.3, 0.4) is 0 Å². The molecule has 0 aromatic heterocycles. The molecule has 6 heteroatoms. The van der Waals surface area contributed by atoms with Crippen molar-refractivity contribution in [3.05, 3.63) is 27.8 Å². The van der Waals surface area contributed by atoms with Gasteiger partial charge in [0.2, 0.25) is 0 Å². The smallest absolute Gasteiger partial charge is 0.398 e. The van der Waals surface area contributed by atoms with Crippen LogP contribution in [0.2, 0.25) is 5.02 Å². The highest BCUT2D eigenvalue weighted by molar-refractivity contribution is 6.32. The number of carbonyl (C=O) groups is 1. The van der Waals surface area contributed by atoms with Crippen LogP contribution in [0.5, 0.6) is 0 Å². The van der Waals surface area contributed by atoms with Crippen LogP contribution in [-0.2, 0) is 6.18 Å². The van der Waals surface area contributed by atoms with E-state index in [0.717, 1.165) is 0 Å². The van der Waals surface area contributed by atoms with Crippen molar-refractivity contribution in [1.29, 1.82) is 0 Å². The summed E-state index contributed by atoms with van der Waals surface area (Å²) in [7, 11) is 0. The van der Waals surface area contributed by atoms with Gasteiger partial charge in [0, 0.05) is 11.3 Å². The lowest BCUT2D eigenvalue weighted by Crippen LogP contribution is -2.09. The van der Waals surface area contributed by atoms with Crippen molar-refractivity contribution in [1.82, 2.24) is 0 Å². The molecule has 0 radical (unpaired) electrons. The van der Waals surface area contributed by atoms with Gasteiger partial charge in [-0.25, -0.2) is 0 Å². The predicted octanol–water partition coefficient (Wildman–Crippen LogP) is 3.06. The summed E-state index contributed by atoms with van der Waals surface area (Å²) < 4.78 is 37.3. The van der Waals surface area contributed by atoms with Gasteiger partial charge in [-0.05, 0) is 18.6 Å². The van der Waals surface area contributed by atoms with Gasteiger partial charge in [0.15, 0.2) is 6.29 Å². The minimum Gasteiger partial charge on any atom is -0.398 e. The number of alkyl halides is 3. The van der Waals surface area contributed by atoms with Gasteiger partial charge >= 0.3 is 6.18 Å². The van der Waals surface area contributed by atoms with E-state index in [2.05, 4.69) is 0 Å². The number of hydrogen-bond donors (Lipinski definition) is 1. The third-order valence-corrected chi connectivity index (χ3v) is 2.50. The van der Waals surface area contributed by atoms with E-state index in [1.54, 1.807) is 0 Å². The monoisotopic (exact) mass is 237 g/mol. The van der Waals surface area contributed by atoms with Crippen LogP contribution in [0.1, 0.15) is 21.5 Å². The van der Waals surface area contributed by atoms with Gasteiger partial charge in [0.05, 0.1) is 10.6 Å². The first-order chi connectivity index (χ1) is 6.79. The SMILES string of the molecule is Cc1c(N)c(C=O)cc(C(F)(F)F)c1Cl. The minimum absolute atomic E-state index is 0.0250. The molecule has 15 heavy (non-hydrogen) atoms. The van der Waals surface area contributed by atoms with E-state index in [-0.39, 0.29) is 23.1 Å². The fraction of sp³-hybridized carbons (Fsp3) is 0.222. The molecule has 0 fully saturated rings. The van der Waals surface area contributed by atoms with E-state index in [4.69, 9.17) is 17.3 Å². The molecule has 2 N–H and O–H groups in total. The third kappa shape index (κ3) is 2.07. The Balaban J connectivity index is 3.56. The molecule has 82 valence electrons. The number of benzene rings is 1. The topological polar surface area (TPSA) is 43.1 Å². The van der Waals surface area contributed by atoms with E-state index >= 15 is 0 Å². The third-order valence-electron chi connectivity index (χ3n) is 2.01. The standard InChI is InChI=1S/C9H7ClF3NO/c1-4-7(10)6(9(11,12)13)2-5(3-15)8(4)14/h2-3H,14H2,1H3. The zero-order valence-corrected chi connectivity index (χ0v) is 8.41. The fourth-order valence-corrected chi connectivity index (χ4v) is 1.40. The maximum atomic E-state index is 12.4. The molecule has 1 aromatic rings. The van der Waals surface area contributed by atoms with Gasteiger partial charge in [0.25, 0.3) is 0 Å². The Labute approximate surface area is 88.8 Å². The van der Waals surface area contributed by atoms with Crippen LogP contribution in [0.4, 0.5) is 18.9 Å². The molecule has 0 aliphatic rings. The summed E-state index contributed by atoms with van der Waals surface area (Å²) >= 11 is 5.50. The Morgan fingerprint density at radius 2 is 2.00 bits per heavy atom. The molecule has 0 saturated carbocycles. The summed E-state index contributed by atoms with van der Waals surface area (Å²) in [4.78, 5) is 10.5. The van der Waals surface area contributed by atoms with Crippen LogP contribution >= 0.6 is 11.6 Å². The van der Waals surface area contributed by atoms with Crippen LogP contribution in [0, 0.1) is 6.92 Å². The van der Waals surface area contributed by atoms with E-state index < -0.39 is 16.8 Å². The number of nitrogens with two attached hydrogens (primary N) is 1. The number of aldehydes is 1. The summed E-state index contributed by atoms with van der Waals surface area (Å²) in [5.74, 6) is 0. The molecule has 0 aliphatic heterocycles. The zero-order chi connectivity index (χ0) is 11.8. The van der Waals surface area contributed by atoms with E-state index in [0.29, 0.717) is 6.07 Å². The molecular formula is C9H7ClF3NO. The zero-order valence-electron chi connectivity index (χ0n) is 7.65. The van der Waals surface area contributed by atoms with Crippen molar-refractivity contribution in [2.45, 2.75) is 13.1 Å². The largest absolute Gasteiger partial charge is 0.417 e. The predicted molar refractivity (Wildman–Crippen MR) is 51.0 cm³/mol. The lowest BCUT2D eigenvalue weighted by molar-refractivity contribution is -0.137. The highest BCUT2D eigenvalue weighted by atomic mass is 35.5. The van der Waals surface area contributed by atoms with Gasteiger partial charge in [-0.1, -0.05) is 11.6 Å². The quantitative estimate of drug-likeness (QED) is 0.603. The fourth-order valence-electron chi connectivity index (χ4n) is 1.14. The van der Waals surface area contributed by atoms with Gasteiger partial charge in [0.1, 0.15) is 0 Å². The Hall–Kier alpha value is -1.23. The molecular weight excluding hydrogens is 231 g/mol. The number of carbonyl (C=O) groups excluding carboxylic acids is 1. The molecule has 0 aliphatic carbocycles. The van der Waals surface area contributed by atoms with Crippen LogP contribution in [-0.4, -0.2) is 6.29 Å². The maximum absolute atomic E-state index is 12.4. The average molecular weight is 238 g/mol. The Kier molecular flexibility index (Phi) is 2.95. The maximum Gasteiger partial charge on any atom is 0.417 e. The summed E-state index contributed by atoms with van der Waals surface area (Å²) in [6.45, 7) is 1.33. The van der Waals surface area contributed by atoms with Gasteiger partial charge in [-0.15, -0.1) is 0 Å². The first kappa shape index (κ1) is 11.8. The molecule has 1 aromatic carbocycles. The Morgan fingerprint density at radius 1 is 1.47 bits per heavy atom. The molecule has 0 atom stereocenters. The number of anilines is 1. The Morgan fingerprint density at radius 3 is 2.40 bits per heavy atom. The summed E-state index contributed by atoms with van der Waals surface area (Å²) in [5.41, 5.74) is 4.21. The highest BCUT2D eigenvalue weighted by Gasteiger charge is 2.34. The van der Waals surface area contributed by atoms with Crippen molar-refractivity contribution in [2.75, 3.05) is 5.73 Å². The summed E-state index contributed by atoms with van der Waals surface area (Å²) in [5, 5.41) is -0.467. The van der Waals surface area contributed by atoms with Gasteiger partial charge < -0.3 is 5.73 Å². The first-order valence-corrected chi connectivity index (χ1v) is 4.27.